The first-order valence-electron chi connectivity index (χ1n) is 6.33. The molecule has 0 aromatic heterocycles. The SMILES string of the molecule is CCC1CCCN1C(=O)NC(C)CCC(=O)O. The lowest BCUT2D eigenvalue weighted by Crippen LogP contribution is -2.45. The summed E-state index contributed by atoms with van der Waals surface area (Å²) in [5.74, 6) is -0.821. The van der Waals surface area contributed by atoms with E-state index in [2.05, 4.69) is 12.2 Å². The number of hydrogen-bond acceptors (Lipinski definition) is 2. The average molecular weight is 242 g/mol. The van der Waals surface area contributed by atoms with E-state index in [9.17, 15) is 9.59 Å². The smallest absolute Gasteiger partial charge is 0.317 e. The van der Waals surface area contributed by atoms with Gasteiger partial charge in [0.1, 0.15) is 0 Å². The standard InChI is InChI=1S/C12H22N2O3/c1-3-10-5-4-8-14(10)12(17)13-9(2)6-7-11(15)16/h9-10H,3-8H2,1-2H3,(H,13,17)(H,15,16). The zero-order valence-electron chi connectivity index (χ0n) is 10.6. The minimum Gasteiger partial charge on any atom is -0.481 e. The van der Waals surface area contributed by atoms with Crippen LogP contribution in [0.1, 0.15) is 46.0 Å². The molecule has 1 rings (SSSR count). The van der Waals surface area contributed by atoms with Gasteiger partial charge in [0, 0.05) is 25.0 Å². The normalized spacial score (nSPS) is 21.3. The third-order valence-corrected chi connectivity index (χ3v) is 3.27. The van der Waals surface area contributed by atoms with Crippen molar-refractivity contribution in [3.8, 4) is 0 Å². The molecule has 0 aromatic rings. The molecule has 1 heterocycles. The molecule has 5 heteroatoms. The summed E-state index contributed by atoms with van der Waals surface area (Å²) < 4.78 is 0. The maximum atomic E-state index is 11.9. The predicted octanol–water partition coefficient (Wildman–Crippen LogP) is 1.82. The second kappa shape index (κ2) is 6.47. The highest BCUT2D eigenvalue weighted by Gasteiger charge is 2.27. The van der Waals surface area contributed by atoms with Crippen LogP contribution in [0.15, 0.2) is 0 Å². The van der Waals surface area contributed by atoms with E-state index in [0.717, 1.165) is 25.8 Å². The Morgan fingerprint density at radius 3 is 2.82 bits per heavy atom. The molecule has 5 nitrogen and oxygen atoms in total. The van der Waals surface area contributed by atoms with Crippen LogP contribution in [0.2, 0.25) is 0 Å². The number of nitrogens with one attached hydrogen (secondary N) is 1. The number of rotatable bonds is 5. The molecular formula is C12H22N2O3. The van der Waals surface area contributed by atoms with Crippen LogP contribution in [0.5, 0.6) is 0 Å². The topological polar surface area (TPSA) is 69.6 Å². The van der Waals surface area contributed by atoms with Crippen LogP contribution in [0.4, 0.5) is 4.79 Å². The van der Waals surface area contributed by atoms with E-state index in [0.29, 0.717) is 12.5 Å². The summed E-state index contributed by atoms with van der Waals surface area (Å²) in [5.41, 5.74) is 0. The van der Waals surface area contributed by atoms with Crippen molar-refractivity contribution < 1.29 is 14.7 Å². The van der Waals surface area contributed by atoms with Gasteiger partial charge in [-0.25, -0.2) is 4.79 Å². The first kappa shape index (κ1) is 13.8. The van der Waals surface area contributed by atoms with Gasteiger partial charge in [-0.1, -0.05) is 6.92 Å². The molecule has 1 aliphatic heterocycles. The van der Waals surface area contributed by atoms with E-state index in [1.54, 1.807) is 0 Å². The minimum atomic E-state index is -0.821. The fourth-order valence-electron chi connectivity index (χ4n) is 2.23. The van der Waals surface area contributed by atoms with Crippen LogP contribution >= 0.6 is 0 Å². The Morgan fingerprint density at radius 1 is 1.53 bits per heavy atom. The van der Waals surface area contributed by atoms with E-state index in [4.69, 9.17) is 5.11 Å². The van der Waals surface area contributed by atoms with Crippen molar-refractivity contribution in [1.82, 2.24) is 10.2 Å². The van der Waals surface area contributed by atoms with Crippen molar-refractivity contribution in [3.05, 3.63) is 0 Å². The highest BCUT2D eigenvalue weighted by atomic mass is 16.4. The van der Waals surface area contributed by atoms with Crippen LogP contribution < -0.4 is 5.32 Å². The minimum absolute atomic E-state index is 0.0489. The fourth-order valence-corrected chi connectivity index (χ4v) is 2.23. The maximum Gasteiger partial charge on any atom is 0.317 e. The second-order valence-electron chi connectivity index (χ2n) is 4.68. The Hall–Kier alpha value is -1.26. The summed E-state index contributed by atoms with van der Waals surface area (Å²) >= 11 is 0. The second-order valence-corrected chi connectivity index (χ2v) is 4.68. The first-order chi connectivity index (χ1) is 8.04. The third kappa shape index (κ3) is 4.24. The fraction of sp³-hybridized carbons (Fsp3) is 0.833. The Labute approximate surface area is 102 Å². The predicted molar refractivity (Wildman–Crippen MR) is 64.9 cm³/mol. The molecule has 2 unspecified atom stereocenters. The van der Waals surface area contributed by atoms with Gasteiger partial charge in [-0.15, -0.1) is 0 Å². The van der Waals surface area contributed by atoms with Gasteiger partial charge >= 0.3 is 12.0 Å². The van der Waals surface area contributed by atoms with Crippen LogP contribution in [-0.4, -0.2) is 40.6 Å². The Bertz CT molecular complexity index is 281. The van der Waals surface area contributed by atoms with Crippen molar-refractivity contribution in [2.24, 2.45) is 0 Å². The van der Waals surface area contributed by atoms with E-state index in [1.165, 1.54) is 0 Å². The van der Waals surface area contributed by atoms with Crippen molar-refractivity contribution in [3.63, 3.8) is 0 Å². The lowest BCUT2D eigenvalue weighted by atomic mass is 10.1. The zero-order valence-corrected chi connectivity index (χ0v) is 10.6. The number of carbonyl (C=O) groups excluding carboxylic acids is 1. The van der Waals surface area contributed by atoms with E-state index in [-0.39, 0.29) is 18.5 Å². The van der Waals surface area contributed by atoms with Crippen LogP contribution in [-0.2, 0) is 4.79 Å². The molecule has 1 fully saturated rings. The van der Waals surface area contributed by atoms with E-state index < -0.39 is 5.97 Å². The number of aliphatic carboxylic acids is 1. The van der Waals surface area contributed by atoms with Gasteiger partial charge in [-0.05, 0) is 32.6 Å². The molecule has 0 aromatic carbocycles. The first-order valence-corrected chi connectivity index (χ1v) is 6.33. The van der Waals surface area contributed by atoms with Crippen molar-refractivity contribution >= 4 is 12.0 Å². The summed E-state index contributed by atoms with van der Waals surface area (Å²) in [5, 5.41) is 11.4. The molecule has 0 aliphatic carbocycles. The van der Waals surface area contributed by atoms with Gasteiger partial charge in [-0.2, -0.15) is 0 Å². The molecular weight excluding hydrogens is 220 g/mol. The van der Waals surface area contributed by atoms with Gasteiger partial charge in [0.05, 0.1) is 0 Å². The Morgan fingerprint density at radius 2 is 2.24 bits per heavy atom. The number of likely N-dealkylation sites (tertiary alicyclic amines) is 1. The highest BCUT2D eigenvalue weighted by Crippen LogP contribution is 2.19. The summed E-state index contributed by atoms with van der Waals surface area (Å²) in [7, 11) is 0. The zero-order chi connectivity index (χ0) is 12.8. The molecule has 0 saturated carbocycles. The van der Waals surface area contributed by atoms with E-state index in [1.807, 2.05) is 11.8 Å². The van der Waals surface area contributed by atoms with Crippen LogP contribution in [0.25, 0.3) is 0 Å². The summed E-state index contributed by atoms with van der Waals surface area (Å²) in [6.07, 6.45) is 3.70. The summed E-state index contributed by atoms with van der Waals surface area (Å²) in [6.45, 7) is 4.75. The molecule has 0 radical (unpaired) electrons. The van der Waals surface area contributed by atoms with Gasteiger partial charge in [0.25, 0.3) is 0 Å². The number of carboxylic acids is 1. The lowest BCUT2D eigenvalue weighted by molar-refractivity contribution is -0.137. The van der Waals surface area contributed by atoms with Gasteiger partial charge in [-0.3, -0.25) is 4.79 Å². The summed E-state index contributed by atoms with van der Waals surface area (Å²) in [6, 6.07) is 0.214. The average Bonchev–Trinajstić information content (AvgIpc) is 2.74. The number of urea groups is 1. The quantitative estimate of drug-likeness (QED) is 0.772. The molecule has 1 aliphatic rings. The molecule has 2 amide bonds. The van der Waals surface area contributed by atoms with Gasteiger partial charge in [0.15, 0.2) is 0 Å². The largest absolute Gasteiger partial charge is 0.481 e. The van der Waals surface area contributed by atoms with Crippen LogP contribution in [0.3, 0.4) is 0 Å². The van der Waals surface area contributed by atoms with Gasteiger partial charge in [0.2, 0.25) is 0 Å². The number of hydrogen-bond donors (Lipinski definition) is 2. The number of carbonyl (C=O) groups is 2. The summed E-state index contributed by atoms with van der Waals surface area (Å²) in [4.78, 5) is 24.2. The number of amides is 2. The monoisotopic (exact) mass is 242 g/mol. The molecule has 1 saturated heterocycles. The van der Waals surface area contributed by atoms with Gasteiger partial charge < -0.3 is 15.3 Å². The molecule has 98 valence electrons. The molecule has 0 spiro atoms. The van der Waals surface area contributed by atoms with Crippen molar-refractivity contribution in [1.29, 1.82) is 0 Å². The number of nitrogens with zero attached hydrogens (tertiary/aromatic N) is 1. The van der Waals surface area contributed by atoms with Crippen LogP contribution in [0, 0.1) is 0 Å². The lowest BCUT2D eigenvalue weighted by Gasteiger charge is -2.25. The maximum absolute atomic E-state index is 11.9. The van der Waals surface area contributed by atoms with E-state index >= 15 is 0 Å². The highest BCUT2D eigenvalue weighted by molar-refractivity contribution is 5.75. The molecule has 0 bridgehead atoms. The number of carboxylic acid groups (broad SMARTS) is 1. The third-order valence-electron chi connectivity index (χ3n) is 3.27. The van der Waals surface area contributed by atoms with Crippen molar-refractivity contribution in [2.75, 3.05) is 6.54 Å². The Kier molecular flexibility index (Phi) is 5.25. The Balaban J connectivity index is 2.35. The molecule has 2 atom stereocenters. The van der Waals surface area contributed by atoms with Crippen molar-refractivity contribution in [2.45, 2.75) is 58.0 Å². The molecule has 2 N–H and O–H groups in total. The molecule has 17 heavy (non-hydrogen) atoms.